The highest BCUT2D eigenvalue weighted by Crippen LogP contribution is 2.14. The molecule has 0 aromatic heterocycles. The maximum Gasteiger partial charge on any atom is -0.0323 e. The summed E-state index contributed by atoms with van der Waals surface area (Å²) in [5.74, 6) is 0.812. The normalized spacial score (nSPS) is 14.4. The van der Waals surface area contributed by atoms with Gasteiger partial charge in [0.2, 0.25) is 0 Å². The Balaban J connectivity index is 3.36. The lowest BCUT2D eigenvalue weighted by Crippen LogP contribution is -1.92. The van der Waals surface area contributed by atoms with Crippen molar-refractivity contribution < 1.29 is 0 Å². The van der Waals surface area contributed by atoms with Crippen LogP contribution in [0.15, 0.2) is 24.3 Å². The average molecular weight is 166 g/mol. The average Bonchev–Trinajstić information content (AvgIpc) is 2.04. The Kier molecular flexibility index (Phi) is 6.84. The molecule has 0 fully saturated rings. The molecule has 0 aliphatic heterocycles. The van der Waals surface area contributed by atoms with Crippen molar-refractivity contribution in [2.75, 3.05) is 0 Å². The fourth-order valence-corrected chi connectivity index (χ4v) is 1.28. The fraction of sp³-hybridized carbons (Fsp3) is 0.667. The molecular formula is C12H22. The van der Waals surface area contributed by atoms with Gasteiger partial charge in [0, 0.05) is 0 Å². The third-order valence-corrected chi connectivity index (χ3v) is 2.33. The van der Waals surface area contributed by atoms with E-state index < -0.39 is 0 Å². The first kappa shape index (κ1) is 11.5. The van der Waals surface area contributed by atoms with Crippen molar-refractivity contribution in [3.8, 4) is 0 Å². The van der Waals surface area contributed by atoms with E-state index in [4.69, 9.17) is 0 Å². The van der Waals surface area contributed by atoms with Gasteiger partial charge in [-0.3, -0.25) is 0 Å². The molecule has 0 saturated carbocycles. The van der Waals surface area contributed by atoms with Gasteiger partial charge in [-0.05, 0) is 39.0 Å². The Bertz CT molecular complexity index is 142. The van der Waals surface area contributed by atoms with Crippen LogP contribution in [0.2, 0.25) is 0 Å². The van der Waals surface area contributed by atoms with E-state index in [1.807, 2.05) is 6.08 Å². The van der Waals surface area contributed by atoms with Crippen molar-refractivity contribution in [3.05, 3.63) is 24.3 Å². The zero-order valence-corrected chi connectivity index (χ0v) is 8.77. The van der Waals surface area contributed by atoms with Gasteiger partial charge in [0.15, 0.2) is 0 Å². The van der Waals surface area contributed by atoms with Crippen molar-refractivity contribution in [1.29, 1.82) is 0 Å². The smallest absolute Gasteiger partial charge is 0.0323 e. The summed E-state index contributed by atoms with van der Waals surface area (Å²) in [6.45, 7) is 10.4. The number of hydrogen-bond acceptors (Lipinski definition) is 0. The molecule has 1 atom stereocenters. The molecule has 0 spiro atoms. The molecule has 0 rings (SSSR count). The van der Waals surface area contributed by atoms with E-state index >= 15 is 0 Å². The highest BCUT2D eigenvalue weighted by Gasteiger charge is 1.98. The van der Waals surface area contributed by atoms with Gasteiger partial charge in [0.1, 0.15) is 0 Å². The van der Waals surface area contributed by atoms with Crippen LogP contribution >= 0.6 is 0 Å². The third kappa shape index (κ3) is 6.21. The quantitative estimate of drug-likeness (QED) is 0.515. The van der Waals surface area contributed by atoms with Crippen molar-refractivity contribution >= 4 is 0 Å². The lowest BCUT2D eigenvalue weighted by Gasteiger charge is -2.07. The Morgan fingerprint density at radius 1 is 1.50 bits per heavy atom. The van der Waals surface area contributed by atoms with E-state index in [-0.39, 0.29) is 0 Å². The highest BCUT2D eigenvalue weighted by molar-refractivity contribution is 4.94. The topological polar surface area (TPSA) is 0 Å². The summed E-state index contributed by atoms with van der Waals surface area (Å²) in [5, 5.41) is 0. The number of hydrogen-bond donors (Lipinski definition) is 0. The zero-order valence-electron chi connectivity index (χ0n) is 8.77. The second-order valence-electron chi connectivity index (χ2n) is 3.66. The van der Waals surface area contributed by atoms with Crippen LogP contribution in [0.1, 0.15) is 46.5 Å². The van der Waals surface area contributed by atoms with Crippen LogP contribution in [0.4, 0.5) is 0 Å². The lowest BCUT2D eigenvalue weighted by atomic mass is 9.99. The largest absolute Gasteiger partial charge is 0.103 e. The molecule has 1 unspecified atom stereocenters. The van der Waals surface area contributed by atoms with Crippen LogP contribution in [0, 0.1) is 5.92 Å². The summed E-state index contributed by atoms with van der Waals surface area (Å²) in [6, 6.07) is 0. The van der Waals surface area contributed by atoms with E-state index in [0.29, 0.717) is 0 Å². The van der Waals surface area contributed by atoms with Crippen LogP contribution in [0.25, 0.3) is 0 Å². The summed E-state index contributed by atoms with van der Waals surface area (Å²) in [5.41, 5.74) is 1.51. The molecule has 0 heteroatoms. The molecule has 0 bridgehead atoms. The summed E-state index contributed by atoms with van der Waals surface area (Å²) >= 11 is 0. The van der Waals surface area contributed by atoms with Crippen molar-refractivity contribution in [2.24, 2.45) is 5.92 Å². The van der Waals surface area contributed by atoms with Crippen LogP contribution in [0.5, 0.6) is 0 Å². The van der Waals surface area contributed by atoms with E-state index in [9.17, 15) is 0 Å². The first-order chi connectivity index (χ1) is 5.70. The molecule has 0 amide bonds. The van der Waals surface area contributed by atoms with Crippen LogP contribution in [-0.4, -0.2) is 0 Å². The Labute approximate surface area is 77.4 Å². The zero-order chi connectivity index (χ0) is 9.40. The van der Waals surface area contributed by atoms with Gasteiger partial charge in [-0.1, -0.05) is 31.1 Å². The van der Waals surface area contributed by atoms with Gasteiger partial charge >= 0.3 is 0 Å². The molecule has 0 nitrogen and oxygen atoms in total. The standard InChI is InChI=1S/C12H22/c1-5-8-12(4)10-7-9-11(3)6-2/h5-6,12H,1,7-10H2,2-4H3. The molecular weight excluding hydrogens is 144 g/mol. The van der Waals surface area contributed by atoms with Crippen LogP contribution in [-0.2, 0) is 0 Å². The van der Waals surface area contributed by atoms with E-state index in [0.717, 1.165) is 12.3 Å². The van der Waals surface area contributed by atoms with E-state index in [1.165, 1.54) is 24.8 Å². The molecule has 0 aliphatic rings. The van der Waals surface area contributed by atoms with Gasteiger partial charge in [-0.2, -0.15) is 0 Å². The van der Waals surface area contributed by atoms with Gasteiger partial charge in [0.25, 0.3) is 0 Å². The number of rotatable bonds is 6. The molecule has 0 heterocycles. The van der Waals surface area contributed by atoms with Crippen molar-refractivity contribution in [1.82, 2.24) is 0 Å². The summed E-state index contributed by atoms with van der Waals surface area (Å²) in [6.07, 6.45) is 9.31. The van der Waals surface area contributed by atoms with Gasteiger partial charge in [-0.15, -0.1) is 6.58 Å². The van der Waals surface area contributed by atoms with Crippen LogP contribution < -0.4 is 0 Å². The lowest BCUT2D eigenvalue weighted by molar-refractivity contribution is 0.516. The summed E-state index contributed by atoms with van der Waals surface area (Å²) in [7, 11) is 0. The number of allylic oxidation sites excluding steroid dienone is 3. The summed E-state index contributed by atoms with van der Waals surface area (Å²) < 4.78 is 0. The van der Waals surface area contributed by atoms with Crippen LogP contribution in [0.3, 0.4) is 0 Å². The monoisotopic (exact) mass is 166 g/mol. The maximum atomic E-state index is 3.75. The maximum absolute atomic E-state index is 3.75. The first-order valence-electron chi connectivity index (χ1n) is 4.93. The molecule has 0 saturated heterocycles. The molecule has 0 aromatic carbocycles. The molecule has 0 N–H and O–H groups in total. The predicted molar refractivity (Wildman–Crippen MR) is 57.3 cm³/mol. The van der Waals surface area contributed by atoms with E-state index in [2.05, 4.69) is 33.4 Å². The Morgan fingerprint density at radius 2 is 2.17 bits per heavy atom. The second-order valence-corrected chi connectivity index (χ2v) is 3.66. The van der Waals surface area contributed by atoms with Gasteiger partial charge in [0.05, 0.1) is 0 Å². The molecule has 0 radical (unpaired) electrons. The second kappa shape index (κ2) is 7.15. The van der Waals surface area contributed by atoms with E-state index in [1.54, 1.807) is 0 Å². The third-order valence-electron chi connectivity index (χ3n) is 2.33. The van der Waals surface area contributed by atoms with Crippen molar-refractivity contribution in [3.63, 3.8) is 0 Å². The predicted octanol–water partition coefficient (Wildman–Crippen LogP) is 4.34. The van der Waals surface area contributed by atoms with Gasteiger partial charge < -0.3 is 0 Å². The molecule has 70 valence electrons. The fourth-order valence-electron chi connectivity index (χ4n) is 1.28. The summed E-state index contributed by atoms with van der Waals surface area (Å²) in [4.78, 5) is 0. The molecule has 0 aliphatic carbocycles. The Hall–Kier alpha value is -0.520. The minimum atomic E-state index is 0.812. The van der Waals surface area contributed by atoms with Gasteiger partial charge in [-0.25, -0.2) is 0 Å². The molecule has 0 aromatic rings. The highest BCUT2D eigenvalue weighted by atomic mass is 14.0. The molecule has 12 heavy (non-hydrogen) atoms. The van der Waals surface area contributed by atoms with Crippen molar-refractivity contribution in [2.45, 2.75) is 46.5 Å². The first-order valence-corrected chi connectivity index (χ1v) is 4.93. The Morgan fingerprint density at radius 3 is 2.67 bits per heavy atom. The minimum absolute atomic E-state index is 0.812. The SMILES string of the molecule is C=CCC(C)CCCC(C)=CC. The minimum Gasteiger partial charge on any atom is -0.103 e.